The van der Waals surface area contributed by atoms with E-state index in [1.807, 2.05) is 31.7 Å². The van der Waals surface area contributed by atoms with Gasteiger partial charge in [0, 0.05) is 56.2 Å². The van der Waals surface area contributed by atoms with Gasteiger partial charge in [-0.1, -0.05) is 0 Å². The standard InChI is InChI=1S/C24H29N7O2/c1-4-25-22-12-20-19(14-26-22)23(16-13-27-30(3)15-16)28-31(20)17-7-9-18(10-8-17)33-21-6-5-11-29(2)24(21)32/h5-6,11-15,17-18H,4,7-10H2,1-3H3,(H,25,26)/t17-,18+. The fourth-order valence-electron chi connectivity index (χ4n) is 4.59. The van der Waals surface area contributed by atoms with Crippen molar-refractivity contribution in [2.75, 3.05) is 11.9 Å². The van der Waals surface area contributed by atoms with Gasteiger partial charge in [-0.3, -0.25) is 14.2 Å². The van der Waals surface area contributed by atoms with Gasteiger partial charge in [-0.2, -0.15) is 10.2 Å². The number of aryl methyl sites for hydroxylation is 2. The first-order valence-corrected chi connectivity index (χ1v) is 11.5. The summed E-state index contributed by atoms with van der Waals surface area (Å²) in [5.74, 6) is 1.27. The Morgan fingerprint density at radius 1 is 1.18 bits per heavy atom. The molecule has 0 saturated heterocycles. The third kappa shape index (κ3) is 4.10. The number of fused-ring (bicyclic) bond motifs is 1. The summed E-state index contributed by atoms with van der Waals surface area (Å²) in [5, 5.41) is 13.7. The van der Waals surface area contributed by atoms with Crippen LogP contribution in [0, 0.1) is 0 Å². The summed E-state index contributed by atoms with van der Waals surface area (Å²) in [5.41, 5.74) is 2.86. The predicted octanol–water partition coefficient (Wildman–Crippen LogP) is 3.53. The van der Waals surface area contributed by atoms with Gasteiger partial charge in [-0.25, -0.2) is 4.98 Å². The molecule has 1 aliphatic rings. The molecule has 172 valence electrons. The van der Waals surface area contributed by atoms with Gasteiger partial charge in [0.2, 0.25) is 0 Å². The number of hydrogen-bond donors (Lipinski definition) is 1. The number of rotatable bonds is 6. The molecule has 9 heteroatoms. The van der Waals surface area contributed by atoms with Crippen LogP contribution >= 0.6 is 0 Å². The first kappa shape index (κ1) is 21.2. The van der Waals surface area contributed by atoms with Crippen molar-refractivity contribution in [3.8, 4) is 17.0 Å². The average molecular weight is 448 g/mol. The summed E-state index contributed by atoms with van der Waals surface area (Å²) in [7, 11) is 3.65. The van der Waals surface area contributed by atoms with Crippen molar-refractivity contribution in [3.05, 3.63) is 53.3 Å². The Morgan fingerprint density at radius 3 is 2.73 bits per heavy atom. The number of nitrogens with one attached hydrogen (secondary N) is 1. The fourth-order valence-corrected chi connectivity index (χ4v) is 4.59. The topological polar surface area (TPSA) is 91.8 Å². The third-order valence-electron chi connectivity index (χ3n) is 6.30. The first-order chi connectivity index (χ1) is 16.0. The van der Waals surface area contributed by atoms with Gasteiger partial charge in [0.25, 0.3) is 5.56 Å². The third-order valence-corrected chi connectivity index (χ3v) is 6.30. The van der Waals surface area contributed by atoms with Crippen molar-refractivity contribution in [2.45, 2.75) is 44.8 Å². The van der Waals surface area contributed by atoms with Crippen LogP contribution in [-0.2, 0) is 14.1 Å². The molecule has 1 aliphatic carbocycles. The molecular formula is C24H29N7O2. The Balaban J connectivity index is 1.42. The maximum atomic E-state index is 12.3. The summed E-state index contributed by atoms with van der Waals surface area (Å²) >= 11 is 0. The summed E-state index contributed by atoms with van der Waals surface area (Å²) in [6.07, 6.45) is 11.1. The van der Waals surface area contributed by atoms with Crippen molar-refractivity contribution in [1.29, 1.82) is 0 Å². The van der Waals surface area contributed by atoms with E-state index in [0.29, 0.717) is 5.75 Å². The van der Waals surface area contributed by atoms with Crippen molar-refractivity contribution < 1.29 is 4.74 Å². The Bertz CT molecular complexity index is 1330. The van der Waals surface area contributed by atoms with Crippen molar-refractivity contribution in [1.82, 2.24) is 29.1 Å². The van der Waals surface area contributed by atoms with E-state index in [1.165, 1.54) is 0 Å². The van der Waals surface area contributed by atoms with Crippen LogP contribution in [-0.4, -0.2) is 41.8 Å². The molecule has 0 aromatic carbocycles. The minimum atomic E-state index is -0.0951. The van der Waals surface area contributed by atoms with Crippen molar-refractivity contribution in [2.24, 2.45) is 14.1 Å². The second kappa shape index (κ2) is 8.73. The molecular weight excluding hydrogens is 418 g/mol. The molecule has 4 aromatic rings. The maximum absolute atomic E-state index is 12.3. The lowest BCUT2D eigenvalue weighted by Crippen LogP contribution is -2.29. The molecule has 1 saturated carbocycles. The molecule has 0 amide bonds. The van der Waals surface area contributed by atoms with Crippen LogP contribution in [0.5, 0.6) is 5.75 Å². The lowest BCUT2D eigenvalue weighted by molar-refractivity contribution is 0.128. The average Bonchev–Trinajstić information content (AvgIpc) is 3.41. The van der Waals surface area contributed by atoms with Gasteiger partial charge in [0.15, 0.2) is 5.75 Å². The van der Waals surface area contributed by atoms with E-state index in [0.717, 1.165) is 60.2 Å². The van der Waals surface area contributed by atoms with E-state index in [9.17, 15) is 4.79 Å². The maximum Gasteiger partial charge on any atom is 0.292 e. The molecule has 0 unspecified atom stereocenters. The molecule has 33 heavy (non-hydrogen) atoms. The molecule has 0 radical (unpaired) electrons. The van der Waals surface area contributed by atoms with Crippen LogP contribution in [0.1, 0.15) is 38.6 Å². The molecule has 0 spiro atoms. The highest BCUT2D eigenvalue weighted by Crippen LogP contribution is 2.36. The number of pyridine rings is 2. The summed E-state index contributed by atoms with van der Waals surface area (Å²) in [6.45, 7) is 2.87. The van der Waals surface area contributed by atoms with Gasteiger partial charge < -0.3 is 14.6 Å². The summed E-state index contributed by atoms with van der Waals surface area (Å²) < 4.78 is 11.6. The SMILES string of the molecule is CCNc1cc2c(cn1)c(-c1cnn(C)c1)nn2[C@H]1CC[C@@H](Oc2cccn(C)c2=O)CC1. The molecule has 0 bridgehead atoms. The second-order valence-electron chi connectivity index (χ2n) is 8.65. The van der Waals surface area contributed by atoms with Gasteiger partial charge in [-0.05, 0) is 44.7 Å². The summed E-state index contributed by atoms with van der Waals surface area (Å²) in [4.78, 5) is 16.9. The molecule has 4 heterocycles. The van der Waals surface area contributed by atoms with E-state index in [2.05, 4.69) is 33.1 Å². The molecule has 1 fully saturated rings. The van der Waals surface area contributed by atoms with Gasteiger partial charge in [0.05, 0.1) is 23.9 Å². The molecule has 0 aliphatic heterocycles. The Labute approximate surface area is 192 Å². The van der Waals surface area contributed by atoms with E-state index in [1.54, 1.807) is 28.6 Å². The number of anilines is 1. The number of hydrogen-bond acceptors (Lipinski definition) is 6. The molecule has 0 atom stereocenters. The van der Waals surface area contributed by atoms with Gasteiger partial charge >= 0.3 is 0 Å². The molecule has 4 aromatic heterocycles. The zero-order chi connectivity index (χ0) is 22.9. The normalized spacial score (nSPS) is 18.5. The Kier molecular flexibility index (Phi) is 5.62. The van der Waals surface area contributed by atoms with Gasteiger partial charge in [0.1, 0.15) is 11.5 Å². The quantitative estimate of drug-likeness (QED) is 0.486. The zero-order valence-electron chi connectivity index (χ0n) is 19.2. The monoisotopic (exact) mass is 447 g/mol. The van der Waals surface area contributed by atoms with Crippen LogP contribution in [0.25, 0.3) is 22.2 Å². The van der Waals surface area contributed by atoms with E-state index >= 15 is 0 Å². The van der Waals surface area contributed by atoms with Crippen molar-refractivity contribution in [3.63, 3.8) is 0 Å². The highest BCUT2D eigenvalue weighted by molar-refractivity contribution is 5.93. The van der Waals surface area contributed by atoms with Crippen molar-refractivity contribution >= 4 is 16.7 Å². The lowest BCUT2D eigenvalue weighted by Gasteiger charge is -2.29. The fraction of sp³-hybridized carbons (Fsp3) is 0.417. The largest absolute Gasteiger partial charge is 0.485 e. The minimum absolute atomic E-state index is 0.0370. The molecule has 9 nitrogen and oxygen atoms in total. The highest BCUT2D eigenvalue weighted by atomic mass is 16.5. The van der Waals surface area contributed by atoms with Crippen LogP contribution < -0.4 is 15.6 Å². The summed E-state index contributed by atoms with van der Waals surface area (Å²) in [6, 6.07) is 5.94. The first-order valence-electron chi connectivity index (χ1n) is 11.5. The molecule has 1 N–H and O–H groups in total. The smallest absolute Gasteiger partial charge is 0.292 e. The van der Waals surface area contributed by atoms with Crippen LogP contribution in [0.3, 0.4) is 0 Å². The van der Waals surface area contributed by atoms with Crippen LogP contribution in [0.2, 0.25) is 0 Å². The minimum Gasteiger partial charge on any atom is -0.485 e. The second-order valence-corrected chi connectivity index (χ2v) is 8.65. The number of aromatic nitrogens is 6. The number of nitrogens with zero attached hydrogens (tertiary/aromatic N) is 6. The van der Waals surface area contributed by atoms with E-state index in [4.69, 9.17) is 9.84 Å². The highest BCUT2D eigenvalue weighted by Gasteiger charge is 2.27. The zero-order valence-corrected chi connectivity index (χ0v) is 19.2. The predicted molar refractivity (Wildman–Crippen MR) is 127 cm³/mol. The lowest BCUT2D eigenvalue weighted by atomic mass is 9.93. The Hall–Kier alpha value is -3.62. The molecule has 5 rings (SSSR count). The van der Waals surface area contributed by atoms with E-state index < -0.39 is 0 Å². The van der Waals surface area contributed by atoms with Crippen LogP contribution in [0.15, 0.2) is 47.8 Å². The van der Waals surface area contributed by atoms with Gasteiger partial charge in [-0.15, -0.1) is 0 Å². The van der Waals surface area contributed by atoms with Crippen LogP contribution in [0.4, 0.5) is 5.82 Å². The Morgan fingerprint density at radius 2 is 2.00 bits per heavy atom. The number of ether oxygens (including phenoxy) is 1. The van der Waals surface area contributed by atoms with E-state index in [-0.39, 0.29) is 17.7 Å².